The molecule has 0 saturated carbocycles. The summed E-state index contributed by atoms with van der Waals surface area (Å²) in [7, 11) is 4.07. The molecule has 0 bridgehead atoms. The van der Waals surface area contributed by atoms with Crippen LogP contribution in [0.3, 0.4) is 0 Å². The van der Waals surface area contributed by atoms with Gasteiger partial charge in [0.2, 0.25) is 5.56 Å². The molecule has 4 heteroatoms. The van der Waals surface area contributed by atoms with E-state index < -0.39 is 0 Å². The fraction of sp³-hybridized carbons (Fsp3) is 0.500. The van der Waals surface area contributed by atoms with Gasteiger partial charge in [-0.2, -0.15) is 0 Å². The Kier molecular flexibility index (Phi) is 4.35. The molecule has 1 rings (SSSR count). The molecule has 1 heterocycles. The standard InChI is InChI=1S/C10H17N3O/c1-13(2)6-5-11-8-9-3-4-12-10(14)7-9/h3-4,7,11H,5-6,8H2,1-2H3,(H,12,14). The van der Waals surface area contributed by atoms with E-state index in [2.05, 4.69) is 15.2 Å². The van der Waals surface area contributed by atoms with Crippen molar-refractivity contribution in [2.45, 2.75) is 6.54 Å². The van der Waals surface area contributed by atoms with Crippen molar-refractivity contribution in [3.63, 3.8) is 0 Å². The summed E-state index contributed by atoms with van der Waals surface area (Å²) >= 11 is 0. The Morgan fingerprint density at radius 2 is 2.29 bits per heavy atom. The number of nitrogens with one attached hydrogen (secondary N) is 2. The molecular formula is C10H17N3O. The van der Waals surface area contributed by atoms with Crippen LogP contribution in [0.4, 0.5) is 0 Å². The van der Waals surface area contributed by atoms with E-state index >= 15 is 0 Å². The lowest BCUT2D eigenvalue weighted by Gasteiger charge is -2.09. The summed E-state index contributed by atoms with van der Waals surface area (Å²) in [4.78, 5) is 15.6. The number of rotatable bonds is 5. The molecule has 0 unspecified atom stereocenters. The van der Waals surface area contributed by atoms with Crippen LogP contribution in [0.25, 0.3) is 0 Å². The molecular weight excluding hydrogens is 178 g/mol. The molecule has 0 aliphatic carbocycles. The van der Waals surface area contributed by atoms with Crippen molar-refractivity contribution in [1.29, 1.82) is 0 Å². The van der Waals surface area contributed by atoms with Crippen molar-refractivity contribution >= 4 is 0 Å². The molecule has 78 valence electrons. The summed E-state index contributed by atoms with van der Waals surface area (Å²) in [5, 5.41) is 3.27. The van der Waals surface area contributed by atoms with Gasteiger partial charge < -0.3 is 15.2 Å². The van der Waals surface area contributed by atoms with E-state index in [0.717, 1.165) is 25.2 Å². The fourth-order valence-electron chi connectivity index (χ4n) is 1.13. The van der Waals surface area contributed by atoms with E-state index in [1.54, 1.807) is 12.3 Å². The van der Waals surface area contributed by atoms with Crippen LogP contribution in [0.5, 0.6) is 0 Å². The van der Waals surface area contributed by atoms with Crippen LogP contribution in [0.2, 0.25) is 0 Å². The average Bonchev–Trinajstić information content (AvgIpc) is 2.12. The number of nitrogens with zero attached hydrogens (tertiary/aromatic N) is 1. The first-order valence-corrected chi connectivity index (χ1v) is 4.71. The van der Waals surface area contributed by atoms with Gasteiger partial charge in [-0.25, -0.2) is 0 Å². The lowest BCUT2D eigenvalue weighted by molar-refractivity contribution is 0.400. The van der Waals surface area contributed by atoms with E-state index in [4.69, 9.17) is 0 Å². The molecule has 0 aromatic carbocycles. The number of aromatic amines is 1. The zero-order valence-electron chi connectivity index (χ0n) is 8.71. The second kappa shape index (κ2) is 5.57. The highest BCUT2D eigenvalue weighted by Gasteiger charge is 1.93. The molecule has 0 aliphatic rings. The Morgan fingerprint density at radius 1 is 1.50 bits per heavy atom. The molecule has 4 nitrogen and oxygen atoms in total. The van der Waals surface area contributed by atoms with Crippen molar-refractivity contribution < 1.29 is 0 Å². The minimum atomic E-state index is -0.0445. The van der Waals surface area contributed by atoms with Crippen molar-refractivity contribution in [3.8, 4) is 0 Å². The molecule has 0 aliphatic heterocycles. The van der Waals surface area contributed by atoms with Crippen LogP contribution in [-0.4, -0.2) is 37.1 Å². The van der Waals surface area contributed by atoms with Crippen LogP contribution in [0.15, 0.2) is 23.1 Å². The highest BCUT2D eigenvalue weighted by molar-refractivity contribution is 5.09. The SMILES string of the molecule is CN(C)CCNCc1cc[nH]c(=O)c1. The van der Waals surface area contributed by atoms with Crippen LogP contribution in [-0.2, 0) is 6.54 Å². The Balaban J connectivity index is 2.28. The molecule has 14 heavy (non-hydrogen) atoms. The van der Waals surface area contributed by atoms with Gasteiger partial charge in [0.05, 0.1) is 0 Å². The lowest BCUT2D eigenvalue weighted by atomic mass is 10.3. The summed E-state index contributed by atoms with van der Waals surface area (Å²) in [6.07, 6.45) is 1.67. The van der Waals surface area contributed by atoms with Crippen molar-refractivity contribution in [3.05, 3.63) is 34.2 Å². The highest BCUT2D eigenvalue weighted by Crippen LogP contribution is 1.90. The molecule has 2 N–H and O–H groups in total. The predicted octanol–water partition coefficient (Wildman–Crippen LogP) is 0.0261. The molecule has 1 aromatic rings. The lowest BCUT2D eigenvalue weighted by Crippen LogP contribution is -2.26. The van der Waals surface area contributed by atoms with Crippen LogP contribution >= 0.6 is 0 Å². The largest absolute Gasteiger partial charge is 0.329 e. The Labute approximate surface area is 83.9 Å². The third-order valence-corrected chi connectivity index (χ3v) is 1.90. The maximum atomic E-state index is 10.9. The fourth-order valence-corrected chi connectivity index (χ4v) is 1.13. The number of hydrogen-bond donors (Lipinski definition) is 2. The van der Waals surface area contributed by atoms with Crippen LogP contribution < -0.4 is 10.9 Å². The number of pyridine rings is 1. The second-order valence-electron chi connectivity index (χ2n) is 3.54. The van der Waals surface area contributed by atoms with Crippen molar-refractivity contribution in [2.75, 3.05) is 27.2 Å². The van der Waals surface area contributed by atoms with E-state index in [-0.39, 0.29) is 5.56 Å². The molecule has 0 atom stereocenters. The average molecular weight is 195 g/mol. The predicted molar refractivity (Wildman–Crippen MR) is 57.3 cm³/mol. The Bertz CT molecular complexity index is 319. The first-order valence-electron chi connectivity index (χ1n) is 4.71. The number of hydrogen-bond acceptors (Lipinski definition) is 3. The topological polar surface area (TPSA) is 48.1 Å². The Hall–Kier alpha value is -1.13. The van der Waals surface area contributed by atoms with Crippen LogP contribution in [0, 0.1) is 0 Å². The number of aromatic nitrogens is 1. The first-order chi connectivity index (χ1) is 6.68. The molecule has 0 radical (unpaired) electrons. The van der Waals surface area contributed by atoms with E-state index in [9.17, 15) is 4.79 Å². The molecule has 0 amide bonds. The summed E-state index contributed by atoms with van der Waals surface area (Å²) in [5.74, 6) is 0. The van der Waals surface area contributed by atoms with Gasteiger partial charge in [-0.05, 0) is 25.7 Å². The maximum absolute atomic E-state index is 10.9. The zero-order chi connectivity index (χ0) is 10.4. The van der Waals surface area contributed by atoms with Crippen molar-refractivity contribution in [1.82, 2.24) is 15.2 Å². The minimum absolute atomic E-state index is 0.0445. The van der Waals surface area contributed by atoms with Gasteiger partial charge >= 0.3 is 0 Å². The summed E-state index contributed by atoms with van der Waals surface area (Å²) in [5.41, 5.74) is 0.976. The third-order valence-electron chi connectivity index (χ3n) is 1.90. The Morgan fingerprint density at radius 3 is 2.93 bits per heavy atom. The summed E-state index contributed by atoms with van der Waals surface area (Å²) in [6.45, 7) is 2.68. The molecule has 1 aromatic heterocycles. The third kappa shape index (κ3) is 4.20. The van der Waals surface area contributed by atoms with Gasteiger partial charge in [0.25, 0.3) is 0 Å². The van der Waals surface area contributed by atoms with Gasteiger partial charge in [-0.1, -0.05) is 0 Å². The molecule has 0 spiro atoms. The van der Waals surface area contributed by atoms with E-state index in [1.165, 1.54) is 0 Å². The maximum Gasteiger partial charge on any atom is 0.248 e. The normalized spacial score (nSPS) is 10.8. The van der Waals surface area contributed by atoms with Crippen molar-refractivity contribution in [2.24, 2.45) is 0 Å². The smallest absolute Gasteiger partial charge is 0.248 e. The summed E-state index contributed by atoms with van der Waals surface area (Å²) in [6, 6.07) is 3.52. The second-order valence-corrected chi connectivity index (χ2v) is 3.54. The van der Waals surface area contributed by atoms with Gasteiger partial charge in [-0.15, -0.1) is 0 Å². The molecule has 0 saturated heterocycles. The summed E-state index contributed by atoms with van der Waals surface area (Å²) < 4.78 is 0. The van der Waals surface area contributed by atoms with Gasteiger partial charge in [-0.3, -0.25) is 4.79 Å². The van der Waals surface area contributed by atoms with E-state index in [1.807, 2.05) is 20.2 Å². The van der Waals surface area contributed by atoms with Gasteiger partial charge in [0.1, 0.15) is 0 Å². The zero-order valence-corrected chi connectivity index (χ0v) is 8.71. The van der Waals surface area contributed by atoms with Crippen LogP contribution in [0.1, 0.15) is 5.56 Å². The monoisotopic (exact) mass is 195 g/mol. The van der Waals surface area contributed by atoms with E-state index in [0.29, 0.717) is 0 Å². The number of likely N-dealkylation sites (N-methyl/N-ethyl adjacent to an activating group) is 1. The van der Waals surface area contributed by atoms with Gasteiger partial charge in [0, 0.05) is 31.9 Å². The van der Waals surface area contributed by atoms with Gasteiger partial charge in [0.15, 0.2) is 0 Å². The number of H-pyrrole nitrogens is 1. The first kappa shape index (κ1) is 10.9. The quantitative estimate of drug-likeness (QED) is 0.651. The minimum Gasteiger partial charge on any atom is -0.329 e. The highest BCUT2D eigenvalue weighted by atomic mass is 16.1. The molecule has 0 fully saturated rings.